The van der Waals surface area contributed by atoms with E-state index in [0.29, 0.717) is 6.42 Å². The van der Waals surface area contributed by atoms with Crippen molar-refractivity contribution >= 4 is 17.5 Å². The fourth-order valence-electron chi connectivity index (χ4n) is 2.36. The Kier molecular flexibility index (Phi) is 13.9. The Labute approximate surface area is 135 Å². The van der Waals surface area contributed by atoms with Crippen LogP contribution in [0.25, 0.3) is 0 Å². The SMILES string of the molecule is CCCCCCCCCCCCC(=O)CC(=O)C(=O)OCC. The van der Waals surface area contributed by atoms with Crippen molar-refractivity contribution in [1.82, 2.24) is 0 Å². The second-order valence-electron chi connectivity index (χ2n) is 5.79. The molecule has 0 N–H and O–H groups in total. The van der Waals surface area contributed by atoms with E-state index in [4.69, 9.17) is 0 Å². The lowest BCUT2D eigenvalue weighted by Gasteiger charge is -2.03. The minimum atomic E-state index is -0.890. The molecule has 0 aliphatic rings. The van der Waals surface area contributed by atoms with Crippen LogP contribution in [0.4, 0.5) is 0 Å². The highest BCUT2D eigenvalue weighted by molar-refractivity contribution is 6.37. The lowest BCUT2D eigenvalue weighted by Crippen LogP contribution is -2.20. The second kappa shape index (κ2) is 14.7. The quantitative estimate of drug-likeness (QED) is 0.195. The molecule has 0 bridgehead atoms. The van der Waals surface area contributed by atoms with Gasteiger partial charge in [0, 0.05) is 6.42 Å². The lowest BCUT2D eigenvalue weighted by atomic mass is 10.0. The van der Waals surface area contributed by atoms with Crippen LogP contribution in [0.5, 0.6) is 0 Å². The van der Waals surface area contributed by atoms with Crippen LogP contribution in [-0.2, 0) is 19.1 Å². The molecule has 22 heavy (non-hydrogen) atoms. The molecule has 0 aromatic heterocycles. The van der Waals surface area contributed by atoms with Gasteiger partial charge in [-0.3, -0.25) is 9.59 Å². The largest absolute Gasteiger partial charge is 0.460 e. The monoisotopic (exact) mass is 312 g/mol. The van der Waals surface area contributed by atoms with Crippen molar-refractivity contribution in [2.75, 3.05) is 6.61 Å². The molecule has 0 radical (unpaired) electrons. The van der Waals surface area contributed by atoms with Crippen molar-refractivity contribution in [1.29, 1.82) is 0 Å². The van der Waals surface area contributed by atoms with Gasteiger partial charge in [-0.05, 0) is 13.3 Å². The third-order valence-electron chi connectivity index (χ3n) is 3.67. The van der Waals surface area contributed by atoms with Crippen LogP contribution >= 0.6 is 0 Å². The van der Waals surface area contributed by atoms with E-state index in [1.807, 2.05) is 0 Å². The number of hydrogen-bond acceptors (Lipinski definition) is 4. The molecule has 128 valence electrons. The van der Waals surface area contributed by atoms with Crippen LogP contribution in [0, 0.1) is 0 Å². The van der Waals surface area contributed by atoms with Gasteiger partial charge in [0.15, 0.2) is 0 Å². The average molecular weight is 312 g/mol. The van der Waals surface area contributed by atoms with Crippen LogP contribution < -0.4 is 0 Å². The van der Waals surface area contributed by atoms with Crippen LogP contribution in [-0.4, -0.2) is 24.1 Å². The molecular weight excluding hydrogens is 280 g/mol. The highest BCUT2D eigenvalue weighted by atomic mass is 16.5. The van der Waals surface area contributed by atoms with Gasteiger partial charge in [-0.15, -0.1) is 0 Å². The molecule has 0 amide bonds. The van der Waals surface area contributed by atoms with E-state index in [1.54, 1.807) is 6.92 Å². The predicted octanol–water partition coefficient (Wildman–Crippen LogP) is 4.39. The lowest BCUT2D eigenvalue weighted by molar-refractivity contribution is -0.154. The zero-order valence-electron chi connectivity index (χ0n) is 14.3. The highest BCUT2D eigenvalue weighted by Gasteiger charge is 2.18. The van der Waals surface area contributed by atoms with Gasteiger partial charge in [0.1, 0.15) is 5.78 Å². The van der Waals surface area contributed by atoms with Crippen molar-refractivity contribution in [3.05, 3.63) is 0 Å². The minimum absolute atomic E-state index is 0.155. The number of hydrogen-bond donors (Lipinski definition) is 0. The molecule has 0 heterocycles. The summed E-state index contributed by atoms with van der Waals surface area (Å²) in [4.78, 5) is 34.0. The van der Waals surface area contributed by atoms with Gasteiger partial charge in [0.05, 0.1) is 13.0 Å². The zero-order chi connectivity index (χ0) is 16.6. The molecule has 0 aromatic rings. The van der Waals surface area contributed by atoms with Crippen molar-refractivity contribution in [2.24, 2.45) is 0 Å². The Bertz CT molecular complexity index is 323. The molecule has 0 spiro atoms. The summed E-state index contributed by atoms with van der Waals surface area (Å²) in [6.07, 6.45) is 12.2. The maximum Gasteiger partial charge on any atom is 0.375 e. The maximum atomic E-state index is 11.6. The number of carbonyl (C=O) groups is 3. The number of ketones is 2. The normalized spacial score (nSPS) is 10.5. The molecule has 0 aliphatic carbocycles. The first-order valence-corrected chi connectivity index (χ1v) is 8.83. The highest BCUT2D eigenvalue weighted by Crippen LogP contribution is 2.11. The molecule has 0 aromatic carbocycles. The summed E-state index contributed by atoms with van der Waals surface area (Å²) in [6, 6.07) is 0. The third-order valence-corrected chi connectivity index (χ3v) is 3.67. The molecule has 0 atom stereocenters. The average Bonchev–Trinajstić information content (AvgIpc) is 2.49. The smallest absolute Gasteiger partial charge is 0.375 e. The molecule has 4 nitrogen and oxygen atoms in total. The van der Waals surface area contributed by atoms with Gasteiger partial charge in [0.25, 0.3) is 0 Å². The summed E-state index contributed by atoms with van der Waals surface area (Å²) >= 11 is 0. The first-order chi connectivity index (χ1) is 10.6. The van der Waals surface area contributed by atoms with Gasteiger partial charge in [0.2, 0.25) is 5.78 Å². The maximum absolute atomic E-state index is 11.6. The van der Waals surface area contributed by atoms with Gasteiger partial charge in [-0.1, -0.05) is 64.7 Å². The number of carbonyl (C=O) groups excluding carboxylic acids is 3. The summed E-state index contributed by atoms with van der Waals surface area (Å²) in [5.41, 5.74) is 0. The van der Waals surface area contributed by atoms with E-state index >= 15 is 0 Å². The van der Waals surface area contributed by atoms with Crippen molar-refractivity contribution in [3.8, 4) is 0 Å². The molecule has 4 heteroatoms. The van der Waals surface area contributed by atoms with Gasteiger partial charge >= 0.3 is 5.97 Å². The van der Waals surface area contributed by atoms with Gasteiger partial charge in [-0.2, -0.15) is 0 Å². The van der Waals surface area contributed by atoms with Crippen molar-refractivity contribution in [3.63, 3.8) is 0 Å². The van der Waals surface area contributed by atoms with Gasteiger partial charge in [-0.25, -0.2) is 4.79 Å². The van der Waals surface area contributed by atoms with Crippen LogP contribution in [0.15, 0.2) is 0 Å². The van der Waals surface area contributed by atoms with E-state index in [0.717, 1.165) is 19.3 Å². The summed E-state index contributed by atoms with van der Waals surface area (Å²) in [5.74, 6) is -1.77. The molecule has 0 rings (SSSR count). The Morgan fingerprint density at radius 3 is 1.73 bits per heavy atom. The summed E-state index contributed by atoms with van der Waals surface area (Å²) in [7, 11) is 0. The van der Waals surface area contributed by atoms with Crippen LogP contribution in [0.1, 0.15) is 90.9 Å². The Morgan fingerprint density at radius 1 is 0.727 bits per heavy atom. The van der Waals surface area contributed by atoms with Crippen molar-refractivity contribution < 1.29 is 19.1 Å². The Morgan fingerprint density at radius 2 is 1.23 bits per heavy atom. The molecule has 0 fully saturated rings. The molecular formula is C18H32O4. The summed E-state index contributed by atoms with van der Waals surface area (Å²) in [5, 5.41) is 0. The third kappa shape index (κ3) is 12.5. The fraction of sp³-hybridized carbons (Fsp3) is 0.833. The number of Topliss-reactive ketones (excluding diaryl/α,β-unsaturated/α-hetero) is 2. The van der Waals surface area contributed by atoms with E-state index in [9.17, 15) is 14.4 Å². The van der Waals surface area contributed by atoms with Gasteiger partial charge < -0.3 is 4.74 Å². The molecule has 0 saturated carbocycles. The first-order valence-electron chi connectivity index (χ1n) is 8.83. The molecule has 0 saturated heterocycles. The number of rotatable bonds is 15. The molecule has 0 aliphatic heterocycles. The zero-order valence-corrected chi connectivity index (χ0v) is 14.3. The predicted molar refractivity (Wildman–Crippen MR) is 87.7 cm³/mol. The van der Waals surface area contributed by atoms with E-state index in [-0.39, 0.29) is 18.8 Å². The van der Waals surface area contributed by atoms with Crippen LogP contribution in [0.3, 0.4) is 0 Å². The van der Waals surface area contributed by atoms with E-state index in [2.05, 4.69) is 11.7 Å². The van der Waals surface area contributed by atoms with Crippen LogP contribution in [0.2, 0.25) is 0 Å². The fourth-order valence-corrected chi connectivity index (χ4v) is 2.36. The topological polar surface area (TPSA) is 60.4 Å². The number of unbranched alkanes of at least 4 members (excludes halogenated alkanes) is 9. The Hall–Kier alpha value is -1.19. The minimum Gasteiger partial charge on any atom is -0.460 e. The standard InChI is InChI=1S/C18H32O4/c1-3-5-6-7-8-9-10-11-12-13-14-16(19)15-17(20)18(21)22-4-2/h3-15H2,1-2H3. The second-order valence-corrected chi connectivity index (χ2v) is 5.79. The Balaban J connectivity index is 3.42. The van der Waals surface area contributed by atoms with E-state index < -0.39 is 11.8 Å². The first kappa shape index (κ1) is 20.8. The summed E-state index contributed by atoms with van der Waals surface area (Å²) in [6.45, 7) is 4.02. The number of ether oxygens (including phenoxy) is 1. The molecule has 0 unspecified atom stereocenters. The van der Waals surface area contributed by atoms with E-state index in [1.165, 1.54) is 44.9 Å². The summed E-state index contributed by atoms with van der Waals surface area (Å²) < 4.78 is 4.57. The van der Waals surface area contributed by atoms with Crippen molar-refractivity contribution in [2.45, 2.75) is 90.9 Å². The number of esters is 1.